The van der Waals surface area contributed by atoms with Crippen molar-refractivity contribution in [3.8, 4) is 0 Å². The lowest BCUT2D eigenvalue weighted by molar-refractivity contribution is -0.394. The molecule has 2 heterocycles. The number of carbonyl (C=O) groups is 1. The zero-order chi connectivity index (χ0) is 14.9. The molecule has 0 saturated carbocycles. The van der Waals surface area contributed by atoms with E-state index in [0.29, 0.717) is 11.3 Å². The lowest BCUT2D eigenvalue weighted by Crippen LogP contribution is -2.29. The fourth-order valence-electron chi connectivity index (χ4n) is 1.51. The summed E-state index contributed by atoms with van der Waals surface area (Å²) in [6.07, 6.45) is 0. The number of hydrogen-bond donors (Lipinski definition) is 2. The predicted molar refractivity (Wildman–Crippen MR) is 68.6 cm³/mol. The van der Waals surface area contributed by atoms with Gasteiger partial charge in [-0.2, -0.15) is 4.68 Å². The average molecular weight is 345 g/mol. The first-order chi connectivity index (χ1) is 9.42. The molecule has 10 nitrogen and oxygen atoms in total. The minimum absolute atomic E-state index is 0.0470. The zero-order valence-electron chi connectivity index (χ0n) is 10.2. The van der Waals surface area contributed by atoms with Gasteiger partial charge in [0, 0.05) is 26.6 Å². The first kappa shape index (κ1) is 14.1. The van der Waals surface area contributed by atoms with Gasteiger partial charge >= 0.3 is 11.9 Å². The fraction of sp³-hybridized carbons (Fsp3) is 0.222. The Morgan fingerprint density at radius 3 is 2.95 bits per heavy atom. The van der Waals surface area contributed by atoms with E-state index >= 15 is 0 Å². The molecule has 0 atom stereocenters. The third-order valence-corrected chi connectivity index (χ3v) is 3.06. The Balaban J connectivity index is 2.28. The highest BCUT2D eigenvalue weighted by Gasteiger charge is 2.21. The highest BCUT2D eigenvalue weighted by atomic mass is 79.9. The second-order valence-electron chi connectivity index (χ2n) is 3.76. The summed E-state index contributed by atoms with van der Waals surface area (Å²) < 4.78 is 6.71. The van der Waals surface area contributed by atoms with Crippen LogP contribution in [0.5, 0.6) is 0 Å². The van der Waals surface area contributed by atoms with E-state index in [1.54, 1.807) is 6.92 Å². The Kier molecular flexibility index (Phi) is 3.81. The summed E-state index contributed by atoms with van der Waals surface area (Å²) in [4.78, 5) is 24.8. The lowest BCUT2D eigenvalue weighted by atomic mass is 10.2. The monoisotopic (exact) mass is 344 g/mol. The number of rotatable bonds is 4. The summed E-state index contributed by atoms with van der Waals surface area (Å²) in [5, 5.41) is 14.3. The number of nitrogens with zero attached hydrogens (tertiary/aromatic N) is 4. The number of nitrogen functional groups attached to an aromatic ring is 1. The SMILES string of the molecule is Cc1oc(C(=O)NN)cc1Cn1nc([N+](=O)[O-])nc1Br. The molecule has 2 aromatic rings. The quantitative estimate of drug-likeness (QED) is 0.355. The van der Waals surface area contributed by atoms with E-state index in [9.17, 15) is 14.9 Å². The Bertz CT molecular complexity index is 678. The summed E-state index contributed by atoms with van der Waals surface area (Å²) in [6.45, 7) is 1.82. The molecule has 0 radical (unpaired) electrons. The molecule has 1 amide bonds. The maximum Gasteiger partial charge on any atom is 0.492 e. The van der Waals surface area contributed by atoms with E-state index in [1.807, 2.05) is 5.43 Å². The largest absolute Gasteiger partial charge is 0.492 e. The molecule has 11 heteroatoms. The molecular weight excluding hydrogens is 336 g/mol. The molecule has 20 heavy (non-hydrogen) atoms. The molecule has 0 aromatic carbocycles. The minimum Gasteiger partial charge on any atom is -0.456 e. The maximum absolute atomic E-state index is 11.3. The molecule has 0 unspecified atom stereocenters. The third kappa shape index (κ3) is 2.67. The Morgan fingerprint density at radius 1 is 1.70 bits per heavy atom. The van der Waals surface area contributed by atoms with Gasteiger partial charge in [-0.25, -0.2) is 5.84 Å². The number of aromatic nitrogens is 3. The molecule has 0 saturated heterocycles. The molecule has 0 fully saturated rings. The van der Waals surface area contributed by atoms with E-state index in [1.165, 1.54) is 10.7 Å². The molecule has 0 aliphatic rings. The van der Waals surface area contributed by atoms with Crippen LogP contribution in [0.15, 0.2) is 15.2 Å². The van der Waals surface area contributed by atoms with Crippen LogP contribution in [0.1, 0.15) is 21.9 Å². The van der Waals surface area contributed by atoms with Gasteiger partial charge in [0.05, 0.1) is 6.54 Å². The predicted octanol–water partition coefficient (Wildman–Crippen LogP) is 0.502. The number of nitrogens with two attached hydrogens (primary N) is 1. The number of halogens is 1. The molecular formula is C9H9BrN6O4. The van der Waals surface area contributed by atoms with Gasteiger partial charge in [-0.05, 0) is 22.9 Å². The Labute approximate surface area is 120 Å². The van der Waals surface area contributed by atoms with Crippen molar-refractivity contribution in [3.05, 3.63) is 38.0 Å². The van der Waals surface area contributed by atoms with Crippen molar-refractivity contribution >= 4 is 27.8 Å². The Morgan fingerprint density at radius 2 is 2.40 bits per heavy atom. The second kappa shape index (κ2) is 5.38. The summed E-state index contributed by atoms with van der Waals surface area (Å²) in [6, 6.07) is 1.48. The van der Waals surface area contributed by atoms with Crippen molar-refractivity contribution in [1.82, 2.24) is 20.2 Å². The average Bonchev–Trinajstić information content (AvgIpc) is 2.94. The number of aryl methyl sites for hydroxylation is 1. The fourth-order valence-corrected chi connectivity index (χ4v) is 1.87. The van der Waals surface area contributed by atoms with Crippen LogP contribution in [-0.2, 0) is 6.54 Å². The molecule has 0 aliphatic carbocycles. The second-order valence-corrected chi connectivity index (χ2v) is 4.47. The van der Waals surface area contributed by atoms with E-state index in [4.69, 9.17) is 10.3 Å². The van der Waals surface area contributed by atoms with Crippen molar-refractivity contribution < 1.29 is 14.1 Å². The summed E-state index contributed by atoms with van der Waals surface area (Å²) in [5.41, 5.74) is 2.58. The topological polar surface area (TPSA) is 142 Å². The molecule has 0 spiro atoms. The molecule has 0 bridgehead atoms. The van der Waals surface area contributed by atoms with Gasteiger partial charge in [0.25, 0.3) is 4.73 Å². The standard InChI is InChI=1S/C9H9BrN6O4/c1-4-5(2-6(20-4)7(17)13-11)3-15-8(10)12-9(14-15)16(18)19/h2H,3,11H2,1H3,(H,13,17). The van der Waals surface area contributed by atoms with E-state index in [0.717, 1.165) is 0 Å². The van der Waals surface area contributed by atoms with E-state index < -0.39 is 16.8 Å². The highest BCUT2D eigenvalue weighted by molar-refractivity contribution is 9.10. The third-order valence-electron chi connectivity index (χ3n) is 2.47. The van der Waals surface area contributed by atoms with Crippen molar-refractivity contribution in [1.29, 1.82) is 0 Å². The number of furan rings is 1. The van der Waals surface area contributed by atoms with E-state index in [-0.39, 0.29) is 17.0 Å². The van der Waals surface area contributed by atoms with Gasteiger partial charge in [0.1, 0.15) is 5.76 Å². The van der Waals surface area contributed by atoms with Crippen molar-refractivity contribution in [3.63, 3.8) is 0 Å². The van der Waals surface area contributed by atoms with Crippen molar-refractivity contribution in [2.75, 3.05) is 0 Å². The molecule has 2 aromatic heterocycles. The van der Waals surface area contributed by atoms with Crippen molar-refractivity contribution in [2.24, 2.45) is 5.84 Å². The van der Waals surface area contributed by atoms with Gasteiger partial charge in [0.15, 0.2) is 5.76 Å². The summed E-state index contributed by atoms with van der Waals surface area (Å²) >= 11 is 3.07. The number of nitro groups is 1. The normalized spacial score (nSPS) is 10.6. The smallest absolute Gasteiger partial charge is 0.456 e. The molecule has 3 N–H and O–H groups in total. The highest BCUT2D eigenvalue weighted by Crippen LogP contribution is 2.19. The first-order valence-corrected chi connectivity index (χ1v) is 6.06. The number of carbonyl (C=O) groups excluding carboxylic acids is 1. The van der Waals surface area contributed by atoms with Crippen LogP contribution in [0.2, 0.25) is 0 Å². The summed E-state index contributed by atoms with van der Waals surface area (Å²) in [5.74, 6) is 4.45. The van der Waals surface area contributed by atoms with Crippen LogP contribution in [0, 0.1) is 17.0 Å². The minimum atomic E-state index is -0.698. The van der Waals surface area contributed by atoms with Gasteiger partial charge < -0.3 is 14.5 Å². The van der Waals surface area contributed by atoms with Gasteiger partial charge in [-0.1, -0.05) is 0 Å². The number of hydrogen-bond acceptors (Lipinski definition) is 7. The van der Waals surface area contributed by atoms with Crippen molar-refractivity contribution in [2.45, 2.75) is 13.5 Å². The molecule has 0 aliphatic heterocycles. The number of nitrogens with one attached hydrogen (secondary N) is 1. The van der Waals surface area contributed by atoms with E-state index in [2.05, 4.69) is 26.0 Å². The lowest BCUT2D eigenvalue weighted by Gasteiger charge is -1.95. The van der Waals surface area contributed by atoms with Gasteiger partial charge in [0.2, 0.25) is 0 Å². The maximum atomic E-state index is 11.3. The molecule has 2 rings (SSSR count). The first-order valence-electron chi connectivity index (χ1n) is 5.27. The van der Waals surface area contributed by atoms with Crippen LogP contribution in [0.25, 0.3) is 0 Å². The zero-order valence-corrected chi connectivity index (χ0v) is 11.7. The Hall–Kier alpha value is -2.27. The van der Waals surface area contributed by atoms with Crippen LogP contribution in [0.3, 0.4) is 0 Å². The summed E-state index contributed by atoms with van der Waals surface area (Å²) in [7, 11) is 0. The van der Waals surface area contributed by atoms with Crippen LogP contribution in [0.4, 0.5) is 5.95 Å². The van der Waals surface area contributed by atoms with Crippen LogP contribution in [-0.4, -0.2) is 25.6 Å². The van der Waals surface area contributed by atoms with Crippen LogP contribution >= 0.6 is 15.9 Å². The van der Waals surface area contributed by atoms with Gasteiger partial charge in [-0.15, -0.1) is 0 Å². The molecule has 106 valence electrons. The number of amides is 1. The van der Waals surface area contributed by atoms with Crippen LogP contribution < -0.4 is 11.3 Å². The number of hydrazine groups is 1. The van der Waals surface area contributed by atoms with Gasteiger partial charge in [-0.3, -0.25) is 10.2 Å².